The molecule has 0 saturated carbocycles. The summed E-state index contributed by atoms with van der Waals surface area (Å²) in [6, 6.07) is 7.94. The van der Waals surface area contributed by atoms with Crippen molar-refractivity contribution in [2.24, 2.45) is 11.7 Å². The smallest absolute Gasteiger partial charge is 0.136 e. The molecular formula is C16H22N4O. The summed E-state index contributed by atoms with van der Waals surface area (Å²) in [6.07, 6.45) is 1.80. The van der Waals surface area contributed by atoms with Gasteiger partial charge < -0.3 is 15.4 Å². The van der Waals surface area contributed by atoms with Crippen molar-refractivity contribution in [2.75, 3.05) is 25.1 Å². The zero-order valence-electron chi connectivity index (χ0n) is 12.8. The topological polar surface area (TPSA) is 75.2 Å². The van der Waals surface area contributed by atoms with Gasteiger partial charge in [0.05, 0.1) is 12.9 Å². The van der Waals surface area contributed by atoms with Gasteiger partial charge in [-0.05, 0) is 36.6 Å². The Labute approximate surface area is 125 Å². The van der Waals surface area contributed by atoms with Crippen LogP contribution in [0.15, 0.2) is 30.5 Å². The van der Waals surface area contributed by atoms with E-state index in [1.807, 2.05) is 31.2 Å². The second-order valence-electron chi connectivity index (χ2n) is 5.12. The van der Waals surface area contributed by atoms with E-state index in [0.717, 1.165) is 28.9 Å². The van der Waals surface area contributed by atoms with Crippen LogP contribution in [0.2, 0.25) is 0 Å². The summed E-state index contributed by atoms with van der Waals surface area (Å²) in [5.41, 5.74) is 5.59. The fraction of sp³-hybridized carbons (Fsp3) is 0.375. The van der Waals surface area contributed by atoms with Gasteiger partial charge in [0.15, 0.2) is 0 Å². The van der Waals surface area contributed by atoms with Crippen molar-refractivity contribution in [3.05, 3.63) is 30.5 Å². The molecule has 1 unspecified atom stereocenters. The molecule has 0 spiro atoms. The molecule has 1 aromatic heterocycles. The lowest BCUT2D eigenvalue weighted by molar-refractivity contribution is 0.415. The molecule has 0 radical (unpaired) electrons. The highest BCUT2D eigenvalue weighted by Gasteiger charge is 2.15. The third-order valence-electron chi connectivity index (χ3n) is 3.66. The van der Waals surface area contributed by atoms with Gasteiger partial charge in [-0.15, -0.1) is 0 Å². The minimum Gasteiger partial charge on any atom is -0.497 e. The van der Waals surface area contributed by atoms with Crippen molar-refractivity contribution >= 4 is 22.4 Å². The number of amidine groups is 1. The van der Waals surface area contributed by atoms with Crippen LogP contribution in [-0.4, -0.2) is 31.0 Å². The summed E-state index contributed by atoms with van der Waals surface area (Å²) in [6.45, 7) is 5.54. The largest absolute Gasteiger partial charge is 0.497 e. The number of methoxy groups -OCH3 is 1. The van der Waals surface area contributed by atoms with E-state index < -0.39 is 0 Å². The lowest BCUT2D eigenvalue weighted by atomic mass is 10.1. The summed E-state index contributed by atoms with van der Waals surface area (Å²) in [5.74, 6) is 1.96. The quantitative estimate of drug-likeness (QED) is 0.632. The zero-order chi connectivity index (χ0) is 15.4. The Hall–Kier alpha value is -2.30. The Morgan fingerprint density at radius 3 is 2.81 bits per heavy atom. The number of hydrogen-bond donors (Lipinski definition) is 2. The van der Waals surface area contributed by atoms with Crippen molar-refractivity contribution in [3.8, 4) is 5.75 Å². The third kappa shape index (κ3) is 3.24. The highest BCUT2D eigenvalue weighted by atomic mass is 16.5. The molecule has 5 heteroatoms. The molecule has 1 heterocycles. The molecule has 5 nitrogen and oxygen atoms in total. The summed E-state index contributed by atoms with van der Waals surface area (Å²) in [5, 5.41) is 9.73. The highest BCUT2D eigenvalue weighted by Crippen LogP contribution is 2.28. The van der Waals surface area contributed by atoms with E-state index >= 15 is 0 Å². The van der Waals surface area contributed by atoms with E-state index in [1.165, 1.54) is 0 Å². The van der Waals surface area contributed by atoms with Crippen LogP contribution in [0, 0.1) is 11.3 Å². The number of anilines is 1. The van der Waals surface area contributed by atoms with Crippen LogP contribution < -0.4 is 15.4 Å². The first kappa shape index (κ1) is 15.1. The molecule has 1 aromatic carbocycles. The van der Waals surface area contributed by atoms with Gasteiger partial charge in [0, 0.05) is 30.6 Å². The third-order valence-corrected chi connectivity index (χ3v) is 3.66. The van der Waals surface area contributed by atoms with Crippen molar-refractivity contribution < 1.29 is 4.74 Å². The molecule has 0 aliphatic carbocycles. The number of fused-ring (bicyclic) bond motifs is 1. The maximum atomic E-state index is 7.56. The molecule has 2 aromatic rings. The van der Waals surface area contributed by atoms with Gasteiger partial charge in [0.1, 0.15) is 11.6 Å². The van der Waals surface area contributed by atoms with Gasteiger partial charge in [-0.3, -0.25) is 5.41 Å². The molecule has 0 amide bonds. The Kier molecular flexibility index (Phi) is 4.62. The summed E-state index contributed by atoms with van der Waals surface area (Å²) >= 11 is 0. The lowest BCUT2D eigenvalue weighted by Gasteiger charge is -2.26. The van der Waals surface area contributed by atoms with E-state index in [4.69, 9.17) is 15.9 Å². The molecule has 0 bridgehead atoms. The monoisotopic (exact) mass is 286 g/mol. The van der Waals surface area contributed by atoms with Gasteiger partial charge >= 0.3 is 0 Å². The first-order valence-electron chi connectivity index (χ1n) is 7.08. The van der Waals surface area contributed by atoms with Crippen LogP contribution in [0.25, 0.3) is 10.8 Å². The van der Waals surface area contributed by atoms with Gasteiger partial charge in [0.2, 0.25) is 0 Å². The standard InChI is InChI=1S/C16H22N4O/c1-4-20(10-11(2)15(17)18)16-14-6-5-13(21-3)9-12(14)7-8-19-16/h5-9,11H,4,10H2,1-3H3,(H3,17,18). The Morgan fingerprint density at radius 2 is 2.19 bits per heavy atom. The molecular weight excluding hydrogens is 264 g/mol. The fourth-order valence-corrected chi connectivity index (χ4v) is 2.31. The summed E-state index contributed by atoms with van der Waals surface area (Å²) < 4.78 is 5.27. The molecule has 0 saturated heterocycles. The first-order valence-corrected chi connectivity index (χ1v) is 7.08. The second-order valence-corrected chi connectivity index (χ2v) is 5.12. The fourth-order valence-electron chi connectivity index (χ4n) is 2.31. The van der Waals surface area contributed by atoms with E-state index in [0.29, 0.717) is 6.54 Å². The van der Waals surface area contributed by atoms with E-state index in [9.17, 15) is 0 Å². The predicted octanol–water partition coefficient (Wildman–Crippen LogP) is 2.64. The predicted molar refractivity (Wildman–Crippen MR) is 87.3 cm³/mol. The minimum absolute atomic E-state index is 0.000236. The Bertz CT molecular complexity index is 641. The summed E-state index contributed by atoms with van der Waals surface area (Å²) in [4.78, 5) is 6.67. The average molecular weight is 286 g/mol. The number of nitrogens with one attached hydrogen (secondary N) is 1. The number of nitrogens with zero attached hydrogens (tertiary/aromatic N) is 2. The number of rotatable bonds is 6. The Morgan fingerprint density at radius 1 is 1.43 bits per heavy atom. The SMILES string of the molecule is CCN(CC(C)C(=N)N)c1nccc2cc(OC)ccc12. The molecule has 0 aliphatic rings. The number of aromatic nitrogens is 1. The molecule has 21 heavy (non-hydrogen) atoms. The Balaban J connectivity index is 2.41. The van der Waals surface area contributed by atoms with Gasteiger partial charge in [0.25, 0.3) is 0 Å². The van der Waals surface area contributed by atoms with Gasteiger partial charge in [-0.1, -0.05) is 6.92 Å². The summed E-state index contributed by atoms with van der Waals surface area (Å²) in [7, 11) is 1.66. The molecule has 2 rings (SSSR count). The number of pyridine rings is 1. The number of benzene rings is 1. The second kappa shape index (κ2) is 6.43. The van der Waals surface area contributed by atoms with Crippen LogP contribution in [0.4, 0.5) is 5.82 Å². The normalized spacial score (nSPS) is 12.1. The molecule has 1 atom stereocenters. The molecule has 112 valence electrons. The minimum atomic E-state index is 0.000236. The number of ether oxygens (including phenoxy) is 1. The van der Waals surface area contributed by atoms with Crippen LogP contribution in [0.3, 0.4) is 0 Å². The average Bonchev–Trinajstić information content (AvgIpc) is 2.51. The first-order chi connectivity index (χ1) is 10.1. The van der Waals surface area contributed by atoms with E-state index in [-0.39, 0.29) is 11.8 Å². The van der Waals surface area contributed by atoms with Crippen LogP contribution in [-0.2, 0) is 0 Å². The van der Waals surface area contributed by atoms with Crippen molar-refractivity contribution in [1.82, 2.24) is 4.98 Å². The molecule has 0 aliphatic heterocycles. The molecule has 0 fully saturated rings. The molecule has 3 N–H and O–H groups in total. The van der Waals surface area contributed by atoms with Crippen molar-refractivity contribution in [2.45, 2.75) is 13.8 Å². The number of hydrogen-bond acceptors (Lipinski definition) is 4. The van der Waals surface area contributed by atoms with Gasteiger partial charge in [-0.2, -0.15) is 0 Å². The van der Waals surface area contributed by atoms with E-state index in [1.54, 1.807) is 13.3 Å². The maximum Gasteiger partial charge on any atom is 0.136 e. The van der Waals surface area contributed by atoms with E-state index in [2.05, 4.69) is 16.8 Å². The zero-order valence-corrected chi connectivity index (χ0v) is 12.8. The lowest BCUT2D eigenvalue weighted by Crippen LogP contribution is -2.35. The highest BCUT2D eigenvalue weighted by molar-refractivity contribution is 5.93. The van der Waals surface area contributed by atoms with Crippen molar-refractivity contribution in [1.29, 1.82) is 5.41 Å². The van der Waals surface area contributed by atoms with Gasteiger partial charge in [-0.25, -0.2) is 4.98 Å². The van der Waals surface area contributed by atoms with Crippen LogP contribution in [0.1, 0.15) is 13.8 Å². The maximum absolute atomic E-state index is 7.56. The van der Waals surface area contributed by atoms with Crippen LogP contribution in [0.5, 0.6) is 5.75 Å². The number of nitrogens with two attached hydrogens (primary N) is 1. The van der Waals surface area contributed by atoms with Crippen LogP contribution >= 0.6 is 0 Å². The van der Waals surface area contributed by atoms with Crippen molar-refractivity contribution in [3.63, 3.8) is 0 Å².